The second kappa shape index (κ2) is 8.08. The highest BCUT2D eigenvalue weighted by Gasteiger charge is 2.12. The van der Waals surface area contributed by atoms with Crippen LogP contribution < -0.4 is 14.4 Å². The third-order valence-electron chi connectivity index (χ3n) is 3.21. The Morgan fingerprint density at radius 2 is 1.64 bits per heavy atom. The molecular weight excluding hydrogens is 278 g/mol. The minimum absolute atomic E-state index is 0.425. The van der Waals surface area contributed by atoms with Crippen molar-refractivity contribution in [3.05, 3.63) is 54.6 Å². The van der Waals surface area contributed by atoms with E-state index in [1.165, 1.54) is 4.90 Å². The van der Waals surface area contributed by atoms with Gasteiger partial charge in [-0.05, 0) is 42.8 Å². The van der Waals surface area contributed by atoms with Crippen LogP contribution in [0.25, 0.3) is 0 Å². The van der Waals surface area contributed by atoms with E-state index in [1.54, 1.807) is 31.3 Å². The number of carbonyl (C=O) groups excluding carboxylic acids is 1. The van der Waals surface area contributed by atoms with Crippen LogP contribution in [0.15, 0.2) is 54.6 Å². The molecule has 0 aromatic heterocycles. The molecule has 22 heavy (non-hydrogen) atoms. The Labute approximate surface area is 131 Å². The number of rotatable bonds is 6. The Morgan fingerprint density at radius 1 is 1.00 bits per heavy atom. The number of benzene rings is 2. The predicted octanol–water partition coefficient (Wildman–Crippen LogP) is 4.50. The molecule has 0 heterocycles. The molecule has 0 aliphatic heterocycles. The molecule has 0 N–H and O–H groups in total. The van der Waals surface area contributed by atoms with Gasteiger partial charge in [0.15, 0.2) is 0 Å². The lowest BCUT2D eigenvalue weighted by Crippen LogP contribution is -2.29. The molecule has 1 amide bonds. The molecule has 4 heteroatoms. The van der Waals surface area contributed by atoms with Crippen molar-refractivity contribution in [2.75, 3.05) is 18.6 Å². The van der Waals surface area contributed by atoms with Gasteiger partial charge in [0.25, 0.3) is 0 Å². The van der Waals surface area contributed by atoms with Crippen LogP contribution in [0.1, 0.15) is 19.8 Å². The van der Waals surface area contributed by atoms with E-state index in [-0.39, 0.29) is 0 Å². The lowest BCUT2D eigenvalue weighted by Gasteiger charge is -2.16. The SMILES string of the molecule is CCCCOc1ccc(OC(=O)N(C)c2ccccc2)cc1. The zero-order chi connectivity index (χ0) is 15.8. The molecule has 0 radical (unpaired) electrons. The zero-order valence-corrected chi connectivity index (χ0v) is 13.0. The number of carbonyl (C=O) groups is 1. The fourth-order valence-corrected chi connectivity index (χ4v) is 1.86. The summed E-state index contributed by atoms with van der Waals surface area (Å²) < 4.78 is 10.9. The maximum absolute atomic E-state index is 12.1. The van der Waals surface area contributed by atoms with E-state index in [1.807, 2.05) is 30.3 Å². The Bertz CT molecular complexity index is 581. The monoisotopic (exact) mass is 299 g/mol. The summed E-state index contributed by atoms with van der Waals surface area (Å²) >= 11 is 0. The van der Waals surface area contributed by atoms with Gasteiger partial charge in [-0.1, -0.05) is 31.5 Å². The highest BCUT2D eigenvalue weighted by molar-refractivity contribution is 5.88. The lowest BCUT2D eigenvalue weighted by molar-refractivity contribution is 0.209. The van der Waals surface area contributed by atoms with Gasteiger partial charge >= 0.3 is 6.09 Å². The van der Waals surface area contributed by atoms with Gasteiger partial charge in [-0.3, -0.25) is 4.90 Å². The summed E-state index contributed by atoms with van der Waals surface area (Å²) in [5, 5.41) is 0. The molecule has 0 fully saturated rings. The summed E-state index contributed by atoms with van der Waals surface area (Å²) in [6, 6.07) is 16.4. The van der Waals surface area contributed by atoms with Gasteiger partial charge in [-0.2, -0.15) is 0 Å². The second-order valence-electron chi connectivity index (χ2n) is 4.94. The molecule has 0 saturated heterocycles. The first-order valence-corrected chi connectivity index (χ1v) is 7.44. The van der Waals surface area contributed by atoms with E-state index in [9.17, 15) is 4.79 Å². The number of para-hydroxylation sites is 1. The van der Waals surface area contributed by atoms with Crippen molar-refractivity contribution in [1.29, 1.82) is 0 Å². The van der Waals surface area contributed by atoms with Gasteiger partial charge in [0, 0.05) is 12.7 Å². The number of amides is 1. The Balaban J connectivity index is 1.91. The largest absolute Gasteiger partial charge is 0.494 e. The fraction of sp³-hybridized carbons (Fsp3) is 0.278. The third-order valence-corrected chi connectivity index (χ3v) is 3.21. The molecule has 0 saturated carbocycles. The van der Waals surface area contributed by atoms with Crippen molar-refractivity contribution in [2.24, 2.45) is 0 Å². The van der Waals surface area contributed by atoms with Crippen molar-refractivity contribution >= 4 is 11.8 Å². The van der Waals surface area contributed by atoms with Gasteiger partial charge in [-0.15, -0.1) is 0 Å². The lowest BCUT2D eigenvalue weighted by atomic mass is 10.3. The number of anilines is 1. The van der Waals surface area contributed by atoms with Crippen LogP contribution in [0, 0.1) is 0 Å². The molecule has 2 aromatic carbocycles. The highest BCUT2D eigenvalue weighted by Crippen LogP contribution is 2.20. The van der Waals surface area contributed by atoms with Gasteiger partial charge < -0.3 is 9.47 Å². The Hall–Kier alpha value is -2.49. The number of unbranched alkanes of at least 4 members (excludes halogenated alkanes) is 1. The highest BCUT2D eigenvalue weighted by atomic mass is 16.6. The maximum Gasteiger partial charge on any atom is 0.419 e. The minimum atomic E-state index is -0.425. The second-order valence-corrected chi connectivity index (χ2v) is 4.94. The first kappa shape index (κ1) is 15.9. The molecule has 116 valence electrons. The molecule has 0 aliphatic carbocycles. The van der Waals surface area contributed by atoms with Crippen molar-refractivity contribution in [3.8, 4) is 11.5 Å². The summed E-state index contributed by atoms with van der Waals surface area (Å²) in [6.07, 6.45) is 1.70. The Morgan fingerprint density at radius 3 is 2.27 bits per heavy atom. The predicted molar refractivity (Wildman–Crippen MR) is 87.7 cm³/mol. The number of hydrogen-bond donors (Lipinski definition) is 0. The van der Waals surface area contributed by atoms with Crippen LogP contribution >= 0.6 is 0 Å². The van der Waals surface area contributed by atoms with Gasteiger partial charge in [0.1, 0.15) is 11.5 Å². The maximum atomic E-state index is 12.1. The minimum Gasteiger partial charge on any atom is -0.494 e. The van der Waals surface area contributed by atoms with Gasteiger partial charge in [0.05, 0.1) is 6.61 Å². The van der Waals surface area contributed by atoms with Crippen LogP contribution in [-0.2, 0) is 0 Å². The summed E-state index contributed by atoms with van der Waals surface area (Å²) in [5.41, 5.74) is 0.784. The van der Waals surface area contributed by atoms with E-state index in [0.29, 0.717) is 12.4 Å². The van der Waals surface area contributed by atoms with Crippen LogP contribution in [-0.4, -0.2) is 19.7 Å². The van der Waals surface area contributed by atoms with E-state index in [2.05, 4.69) is 6.92 Å². The average Bonchev–Trinajstić information content (AvgIpc) is 2.57. The zero-order valence-electron chi connectivity index (χ0n) is 13.0. The molecule has 0 bridgehead atoms. The van der Waals surface area contributed by atoms with Crippen LogP contribution in [0.5, 0.6) is 11.5 Å². The van der Waals surface area contributed by atoms with Crippen LogP contribution in [0.4, 0.5) is 10.5 Å². The molecule has 0 spiro atoms. The topological polar surface area (TPSA) is 38.8 Å². The molecule has 4 nitrogen and oxygen atoms in total. The van der Waals surface area contributed by atoms with E-state index in [0.717, 1.165) is 24.3 Å². The van der Waals surface area contributed by atoms with Crippen LogP contribution in [0.2, 0.25) is 0 Å². The summed E-state index contributed by atoms with van der Waals surface area (Å²) in [4.78, 5) is 13.5. The molecule has 0 aliphatic rings. The normalized spacial score (nSPS) is 10.1. The quantitative estimate of drug-likeness (QED) is 0.737. The standard InChI is InChI=1S/C18H21NO3/c1-3-4-14-21-16-10-12-17(13-11-16)22-18(20)19(2)15-8-6-5-7-9-15/h5-13H,3-4,14H2,1-2H3. The summed E-state index contributed by atoms with van der Waals surface area (Å²) in [6.45, 7) is 2.82. The molecule has 2 aromatic rings. The molecule has 0 atom stereocenters. The average molecular weight is 299 g/mol. The van der Waals surface area contributed by atoms with Crippen LogP contribution in [0.3, 0.4) is 0 Å². The third kappa shape index (κ3) is 4.52. The number of ether oxygens (including phenoxy) is 2. The smallest absolute Gasteiger partial charge is 0.419 e. The summed E-state index contributed by atoms with van der Waals surface area (Å²) in [5.74, 6) is 1.28. The first-order valence-electron chi connectivity index (χ1n) is 7.44. The number of nitrogens with zero attached hydrogens (tertiary/aromatic N) is 1. The van der Waals surface area contributed by atoms with Gasteiger partial charge in [-0.25, -0.2) is 4.79 Å². The first-order chi connectivity index (χ1) is 10.7. The van der Waals surface area contributed by atoms with E-state index < -0.39 is 6.09 Å². The van der Waals surface area contributed by atoms with Crippen molar-refractivity contribution in [1.82, 2.24) is 0 Å². The Kier molecular flexibility index (Phi) is 5.83. The van der Waals surface area contributed by atoms with E-state index >= 15 is 0 Å². The molecule has 0 unspecified atom stereocenters. The van der Waals surface area contributed by atoms with Crippen molar-refractivity contribution < 1.29 is 14.3 Å². The van der Waals surface area contributed by atoms with Crippen molar-refractivity contribution in [3.63, 3.8) is 0 Å². The van der Waals surface area contributed by atoms with E-state index in [4.69, 9.17) is 9.47 Å². The van der Waals surface area contributed by atoms with Gasteiger partial charge in [0.2, 0.25) is 0 Å². The molecular formula is C18H21NO3. The van der Waals surface area contributed by atoms with Crippen molar-refractivity contribution in [2.45, 2.75) is 19.8 Å². The fourth-order valence-electron chi connectivity index (χ4n) is 1.86. The number of hydrogen-bond acceptors (Lipinski definition) is 3. The summed E-state index contributed by atoms with van der Waals surface area (Å²) in [7, 11) is 1.68. The molecule has 2 rings (SSSR count).